The van der Waals surface area contributed by atoms with Crippen LogP contribution in [-0.2, 0) is 0 Å². The minimum atomic E-state index is -2.99. The van der Waals surface area contributed by atoms with Crippen molar-refractivity contribution in [2.75, 3.05) is 26.1 Å². The number of carbonyl (C=O) groups excluding carboxylic acids is 1. The van der Waals surface area contributed by atoms with Crippen LogP contribution >= 0.6 is 0 Å². The molecule has 1 amide bonds. The highest BCUT2D eigenvalue weighted by Crippen LogP contribution is 2.32. The molecule has 0 saturated heterocycles. The number of carbonyl (C=O) groups is 1. The maximum absolute atomic E-state index is 12.5. The summed E-state index contributed by atoms with van der Waals surface area (Å²) in [6.07, 6.45) is 0. The summed E-state index contributed by atoms with van der Waals surface area (Å²) < 4.78 is 44.9. The summed E-state index contributed by atoms with van der Waals surface area (Å²) in [5.41, 5.74) is 0.650. The third-order valence-corrected chi connectivity index (χ3v) is 3.38. The Bertz CT molecular complexity index is 767. The monoisotopic (exact) mass is 367 g/mol. The Morgan fingerprint density at radius 3 is 2.42 bits per heavy atom. The molecule has 6 nitrogen and oxygen atoms in total. The third-order valence-electron chi connectivity index (χ3n) is 3.38. The van der Waals surface area contributed by atoms with Gasteiger partial charge in [-0.25, -0.2) is 0 Å². The molecule has 0 bridgehead atoms. The Balaban J connectivity index is 2.25. The largest absolute Gasteiger partial charge is 0.497 e. The zero-order valence-corrected chi connectivity index (χ0v) is 14.5. The fraction of sp³-hybridized carbons (Fsp3) is 0.278. The highest BCUT2D eigenvalue weighted by Gasteiger charge is 2.16. The molecule has 0 heterocycles. The van der Waals surface area contributed by atoms with E-state index in [4.69, 9.17) is 14.2 Å². The Labute approximate surface area is 149 Å². The maximum atomic E-state index is 12.5. The van der Waals surface area contributed by atoms with E-state index in [0.29, 0.717) is 17.2 Å². The molecule has 0 atom stereocenters. The Morgan fingerprint density at radius 1 is 1.04 bits per heavy atom. The van der Waals surface area contributed by atoms with Gasteiger partial charge < -0.3 is 24.3 Å². The number of anilines is 1. The molecule has 0 aliphatic rings. The summed E-state index contributed by atoms with van der Waals surface area (Å²) in [4.78, 5) is 12.5. The summed E-state index contributed by atoms with van der Waals surface area (Å²) in [5.74, 6) is 0.452. The molecule has 0 unspecified atom stereocenters. The fourth-order valence-corrected chi connectivity index (χ4v) is 2.21. The summed E-state index contributed by atoms with van der Waals surface area (Å²) >= 11 is 0. The van der Waals surface area contributed by atoms with E-state index in [1.807, 2.05) is 0 Å². The van der Waals surface area contributed by atoms with Crippen LogP contribution in [0.15, 0.2) is 36.4 Å². The lowest BCUT2D eigenvalue weighted by atomic mass is 10.1. The molecule has 0 aromatic heterocycles. The van der Waals surface area contributed by atoms with Crippen LogP contribution in [0, 0.1) is 0 Å². The van der Waals surface area contributed by atoms with Crippen molar-refractivity contribution in [1.82, 2.24) is 0 Å². The van der Waals surface area contributed by atoms with E-state index in [-0.39, 0.29) is 23.7 Å². The Hall–Kier alpha value is -3.03. The Kier molecular flexibility index (Phi) is 6.60. The standard InChI is InChI=1S/C18H19F2NO5/c1-4-25-16-9-11(5-8-14(16)26-18(19)20)17(22)21-13-7-6-12(23-2)10-15(13)24-3/h5-10,18H,4H2,1-3H3,(H,21,22). The molecule has 2 rings (SSSR count). The van der Waals surface area contributed by atoms with Crippen LogP contribution < -0.4 is 24.3 Å². The molecular formula is C18H19F2NO5. The summed E-state index contributed by atoms with van der Waals surface area (Å²) in [6.45, 7) is -1.06. The molecule has 0 aliphatic heterocycles. The summed E-state index contributed by atoms with van der Waals surface area (Å²) in [5, 5.41) is 2.69. The number of halogens is 2. The van der Waals surface area contributed by atoms with E-state index in [1.165, 1.54) is 32.4 Å². The normalized spacial score (nSPS) is 10.4. The van der Waals surface area contributed by atoms with E-state index in [0.717, 1.165) is 0 Å². The lowest BCUT2D eigenvalue weighted by Crippen LogP contribution is -2.13. The molecule has 0 fully saturated rings. The van der Waals surface area contributed by atoms with Gasteiger partial charge in [0.2, 0.25) is 0 Å². The molecule has 0 saturated carbocycles. The van der Waals surface area contributed by atoms with E-state index in [1.54, 1.807) is 25.1 Å². The maximum Gasteiger partial charge on any atom is 0.387 e. The summed E-state index contributed by atoms with van der Waals surface area (Å²) in [6, 6.07) is 8.90. The highest BCUT2D eigenvalue weighted by molar-refractivity contribution is 6.05. The minimum Gasteiger partial charge on any atom is -0.497 e. The van der Waals surface area contributed by atoms with E-state index >= 15 is 0 Å². The van der Waals surface area contributed by atoms with Gasteiger partial charge in [0.1, 0.15) is 11.5 Å². The molecule has 2 aromatic carbocycles. The molecule has 0 radical (unpaired) electrons. The zero-order chi connectivity index (χ0) is 19.1. The van der Waals surface area contributed by atoms with E-state index in [2.05, 4.69) is 10.1 Å². The SMILES string of the molecule is CCOc1cc(C(=O)Nc2ccc(OC)cc2OC)ccc1OC(F)F. The number of rotatable bonds is 8. The van der Waals surface area contributed by atoms with Crippen LogP contribution in [0.5, 0.6) is 23.0 Å². The molecule has 140 valence electrons. The molecule has 26 heavy (non-hydrogen) atoms. The second kappa shape index (κ2) is 8.89. The van der Waals surface area contributed by atoms with Gasteiger partial charge >= 0.3 is 6.61 Å². The van der Waals surface area contributed by atoms with Crippen molar-refractivity contribution in [3.63, 3.8) is 0 Å². The number of methoxy groups -OCH3 is 2. The lowest BCUT2D eigenvalue weighted by molar-refractivity contribution is -0.0514. The first-order chi connectivity index (χ1) is 12.5. The van der Waals surface area contributed by atoms with Crippen molar-refractivity contribution in [3.05, 3.63) is 42.0 Å². The number of benzene rings is 2. The lowest BCUT2D eigenvalue weighted by Gasteiger charge is -2.14. The summed E-state index contributed by atoms with van der Waals surface area (Å²) in [7, 11) is 2.99. The van der Waals surface area contributed by atoms with Gasteiger partial charge in [-0.05, 0) is 37.3 Å². The zero-order valence-electron chi connectivity index (χ0n) is 14.5. The van der Waals surface area contributed by atoms with Gasteiger partial charge in [0, 0.05) is 11.6 Å². The van der Waals surface area contributed by atoms with Crippen LogP contribution in [0.2, 0.25) is 0 Å². The second-order valence-electron chi connectivity index (χ2n) is 4.99. The molecule has 0 spiro atoms. The second-order valence-corrected chi connectivity index (χ2v) is 4.99. The van der Waals surface area contributed by atoms with Gasteiger partial charge in [0.25, 0.3) is 5.91 Å². The molecule has 0 aliphatic carbocycles. The van der Waals surface area contributed by atoms with Crippen molar-refractivity contribution < 1.29 is 32.5 Å². The van der Waals surface area contributed by atoms with E-state index in [9.17, 15) is 13.6 Å². The van der Waals surface area contributed by atoms with Crippen molar-refractivity contribution in [1.29, 1.82) is 0 Å². The van der Waals surface area contributed by atoms with Gasteiger partial charge in [-0.15, -0.1) is 0 Å². The van der Waals surface area contributed by atoms with Gasteiger partial charge in [-0.3, -0.25) is 4.79 Å². The molecule has 8 heteroatoms. The third kappa shape index (κ3) is 4.75. The predicted octanol–water partition coefficient (Wildman–Crippen LogP) is 3.96. The number of amides is 1. The highest BCUT2D eigenvalue weighted by atomic mass is 19.3. The average Bonchev–Trinajstić information content (AvgIpc) is 2.63. The number of hydrogen-bond acceptors (Lipinski definition) is 5. The quantitative estimate of drug-likeness (QED) is 0.765. The van der Waals surface area contributed by atoms with Gasteiger partial charge in [-0.2, -0.15) is 8.78 Å². The van der Waals surface area contributed by atoms with Gasteiger partial charge in [0.05, 0.1) is 26.5 Å². The minimum absolute atomic E-state index is 0.0575. The molecule has 1 N–H and O–H groups in total. The van der Waals surface area contributed by atoms with Crippen molar-refractivity contribution >= 4 is 11.6 Å². The van der Waals surface area contributed by atoms with Crippen molar-refractivity contribution in [2.24, 2.45) is 0 Å². The first-order valence-electron chi connectivity index (χ1n) is 7.73. The predicted molar refractivity (Wildman–Crippen MR) is 91.7 cm³/mol. The van der Waals surface area contributed by atoms with Gasteiger partial charge in [0.15, 0.2) is 11.5 Å². The van der Waals surface area contributed by atoms with Crippen molar-refractivity contribution in [2.45, 2.75) is 13.5 Å². The first-order valence-corrected chi connectivity index (χ1v) is 7.73. The van der Waals surface area contributed by atoms with Crippen molar-refractivity contribution in [3.8, 4) is 23.0 Å². The molecular weight excluding hydrogens is 348 g/mol. The van der Waals surface area contributed by atoms with Gasteiger partial charge in [-0.1, -0.05) is 0 Å². The van der Waals surface area contributed by atoms with Crippen LogP contribution in [-0.4, -0.2) is 33.3 Å². The number of hydrogen-bond donors (Lipinski definition) is 1. The number of ether oxygens (including phenoxy) is 4. The van der Waals surface area contributed by atoms with Crippen LogP contribution in [0.25, 0.3) is 0 Å². The number of alkyl halides is 2. The average molecular weight is 367 g/mol. The molecule has 2 aromatic rings. The first kappa shape index (κ1) is 19.3. The van der Waals surface area contributed by atoms with E-state index < -0.39 is 12.5 Å². The fourth-order valence-electron chi connectivity index (χ4n) is 2.21. The van der Waals surface area contributed by atoms with Crippen LogP contribution in [0.1, 0.15) is 17.3 Å². The Morgan fingerprint density at radius 2 is 1.81 bits per heavy atom. The smallest absolute Gasteiger partial charge is 0.387 e. The van der Waals surface area contributed by atoms with Crippen LogP contribution in [0.4, 0.5) is 14.5 Å². The van der Waals surface area contributed by atoms with Crippen LogP contribution in [0.3, 0.4) is 0 Å². The number of nitrogens with one attached hydrogen (secondary N) is 1. The topological polar surface area (TPSA) is 66.0 Å².